The van der Waals surface area contributed by atoms with Crippen molar-refractivity contribution in [3.63, 3.8) is 0 Å². The van der Waals surface area contributed by atoms with Crippen LogP contribution in [0, 0.1) is 0 Å². The fourth-order valence-corrected chi connectivity index (χ4v) is 2.35. The molecule has 0 aromatic rings. The van der Waals surface area contributed by atoms with Crippen molar-refractivity contribution in [3.05, 3.63) is 12.3 Å². The van der Waals surface area contributed by atoms with Gasteiger partial charge < -0.3 is 4.43 Å². The molecule has 96 valence electrons. The number of hydrogen-bond acceptors (Lipinski definition) is 1. The van der Waals surface area contributed by atoms with Crippen molar-refractivity contribution in [2.24, 2.45) is 0 Å². The maximum absolute atomic E-state index is 5.69. The molecule has 0 rings (SSSR count). The van der Waals surface area contributed by atoms with E-state index in [4.69, 9.17) is 4.43 Å². The third-order valence-corrected chi connectivity index (χ3v) is 3.92. The van der Waals surface area contributed by atoms with E-state index in [1.807, 2.05) is 0 Å². The molecule has 0 aliphatic heterocycles. The maximum atomic E-state index is 5.69. The minimum atomic E-state index is -0.352. The van der Waals surface area contributed by atoms with Crippen molar-refractivity contribution in [1.82, 2.24) is 0 Å². The van der Waals surface area contributed by atoms with E-state index in [1.165, 1.54) is 44.9 Å². The van der Waals surface area contributed by atoms with Gasteiger partial charge in [0.2, 0.25) is 9.76 Å². The van der Waals surface area contributed by atoms with Crippen LogP contribution in [0.1, 0.15) is 72.1 Å². The van der Waals surface area contributed by atoms with Gasteiger partial charge in [0.15, 0.2) is 0 Å². The van der Waals surface area contributed by atoms with Crippen molar-refractivity contribution < 1.29 is 4.43 Å². The van der Waals surface area contributed by atoms with E-state index in [0.717, 1.165) is 17.7 Å². The Labute approximate surface area is 105 Å². The SMILES string of the molecule is C=C(CCCCCCCCC)O[SiH2]C(C)C. The Morgan fingerprint density at radius 3 is 2.19 bits per heavy atom. The van der Waals surface area contributed by atoms with Gasteiger partial charge in [-0.3, -0.25) is 0 Å². The molecule has 0 amide bonds. The summed E-state index contributed by atoms with van der Waals surface area (Å²) < 4.78 is 5.69. The third kappa shape index (κ3) is 11.8. The van der Waals surface area contributed by atoms with E-state index in [-0.39, 0.29) is 9.76 Å². The quantitative estimate of drug-likeness (QED) is 0.293. The van der Waals surface area contributed by atoms with Crippen molar-refractivity contribution >= 4 is 9.76 Å². The Morgan fingerprint density at radius 2 is 1.62 bits per heavy atom. The molecule has 1 nitrogen and oxygen atoms in total. The zero-order chi connectivity index (χ0) is 12.2. The highest BCUT2D eigenvalue weighted by atomic mass is 28.2. The van der Waals surface area contributed by atoms with Gasteiger partial charge in [-0.1, -0.05) is 65.9 Å². The summed E-state index contributed by atoms with van der Waals surface area (Å²) in [6.07, 6.45) is 10.6. The van der Waals surface area contributed by atoms with Crippen LogP contribution < -0.4 is 0 Å². The van der Waals surface area contributed by atoms with E-state index < -0.39 is 0 Å². The molecule has 0 fully saturated rings. The van der Waals surface area contributed by atoms with Crippen LogP contribution in [0.25, 0.3) is 0 Å². The lowest BCUT2D eigenvalue weighted by Crippen LogP contribution is -2.01. The highest BCUT2D eigenvalue weighted by Gasteiger charge is 1.99. The van der Waals surface area contributed by atoms with Crippen molar-refractivity contribution in [2.45, 2.75) is 77.7 Å². The number of allylic oxidation sites excluding steroid dienone is 1. The molecule has 16 heavy (non-hydrogen) atoms. The Kier molecular flexibility index (Phi) is 11.1. The molecule has 0 N–H and O–H groups in total. The Hall–Kier alpha value is -0.243. The van der Waals surface area contributed by atoms with Crippen LogP contribution in [0.2, 0.25) is 5.54 Å². The van der Waals surface area contributed by atoms with E-state index in [2.05, 4.69) is 27.4 Å². The molecule has 0 spiro atoms. The molecule has 0 unspecified atom stereocenters. The van der Waals surface area contributed by atoms with E-state index >= 15 is 0 Å². The largest absolute Gasteiger partial charge is 0.552 e. The molecule has 0 aromatic heterocycles. The molecular formula is C14H30OSi. The standard InChI is InChI=1S/C14H30OSi/c1-5-6-7-8-9-10-11-12-14(4)15-16-13(2)3/h13H,4-12,16H2,1-3H3. The summed E-state index contributed by atoms with van der Waals surface area (Å²) in [5.74, 6) is 1.04. The van der Waals surface area contributed by atoms with Gasteiger partial charge >= 0.3 is 0 Å². The summed E-state index contributed by atoms with van der Waals surface area (Å²) in [4.78, 5) is 0. The molecule has 0 bridgehead atoms. The predicted octanol–water partition coefficient (Wildman–Crippen LogP) is 4.57. The summed E-state index contributed by atoms with van der Waals surface area (Å²) in [6, 6.07) is 0. The van der Waals surface area contributed by atoms with Crippen LogP contribution in [0.5, 0.6) is 0 Å². The van der Waals surface area contributed by atoms with Gasteiger partial charge in [-0.15, -0.1) is 0 Å². The molecule has 2 heteroatoms. The molecule has 0 radical (unpaired) electrons. The van der Waals surface area contributed by atoms with E-state index in [1.54, 1.807) is 0 Å². The fourth-order valence-electron chi connectivity index (χ4n) is 1.64. The van der Waals surface area contributed by atoms with Gasteiger partial charge in [0.25, 0.3) is 0 Å². The molecule has 0 aliphatic carbocycles. The Morgan fingerprint density at radius 1 is 1.06 bits per heavy atom. The minimum Gasteiger partial charge on any atom is -0.552 e. The maximum Gasteiger partial charge on any atom is 0.221 e. The van der Waals surface area contributed by atoms with Crippen LogP contribution in [-0.4, -0.2) is 9.76 Å². The van der Waals surface area contributed by atoms with Crippen molar-refractivity contribution in [2.75, 3.05) is 0 Å². The highest BCUT2D eigenvalue weighted by Crippen LogP contribution is 2.12. The Bertz CT molecular complexity index is 166. The topological polar surface area (TPSA) is 9.23 Å². The first kappa shape index (κ1) is 15.8. The van der Waals surface area contributed by atoms with Gasteiger partial charge in [0.1, 0.15) is 0 Å². The number of hydrogen-bond donors (Lipinski definition) is 0. The van der Waals surface area contributed by atoms with Crippen LogP contribution in [0.15, 0.2) is 12.3 Å². The molecule has 0 aliphatic rings. The summed E-state index contributed by atoms with van der Waals surface area (Å²) in [5, 5.41) is 0. The average molecular weight is 242 g/mol. The molecule has 0 saturated heterocycles. The number of unbranched alkanes of at least 4 members (excludes halogenated alkanes) is 6. The summed E-state index contributed by atoms with van der Waals surface area (Å²) in [6.45, 7) is 10.7. The monoisotopic (exact) mass is 242 g/mol. The van der Waals surface area contributed by atoms with E-state index in [0.29, 0.717) is 0 Å². The summed E-state index contributed by atoms with van der Waals surface area (Å²) >= 11 is 0. The van der Waals surface area contributed by atoms with Crippen LogP contribution in [0.4, 0.5) is 0 Å². The normalized spacial score (nSPS) is 11.5. The third-order valence-electron chi connectivity index (χ3n) is 2.68. The highest BCUT2D eigenvalue weighted by molar-refractivity contribution is 6.29. The summed E-state index contributed by atoms with van der Waals surface area (Å²) in [5.41, 5.74) is 0.741. The van der Waals surface area contributed by atoms with Gasteiger partial charge in [0.05, 0.1) is 5.76 Å². The molecule has 0 atom stereocenters. The smallest absolute Gasteiger partial charge is 0.221 e. The zero-order valence-electron chi connectivity index (χ0n) is 11.6. The van der Waals surface area contributed by atoms with E-state index in [9.17, 15) is 0 Å². The second-order valence-electron chi connectivity index (χ2n) is 5.11. The lowest BCUT2D eigenvalue weighted by atomic mass is 10.1. The lowest BCUT2D eigenvalue weighted by molar-refractivity contribution is 0.413. The van der Waals surface area contributed by atoms with Gasteiger partial charge in [-0.25, -0.2) is 0 Å². The van der Waals surface area contributed by atoms with Crippen LogP contribution in [-0.2, 0) is 4.43 Å². The van der Waals surface area contributed by atoms with Crippen molar-refractivity contribution in [1.29, 1.82) is 0 Å². The van der Waals surface area contributed by atoms with Crippen molar-refractivity contribution in [3.8, 4) is 0 Å². The first-order valence-electron chi connectivity index (χ1n) is 6.97. The molecule has 0 saturated carbocycles. The first-order valence-corrected chi connectivity index (χ1v) is 8.36. The average Bonchev–Trinajstić information content (AvgIpc) is 2.25. The van der Waals surface area contributed by atoms with Gasteiger partial charge in [-0.2, -0.15) is 0 Å². The second-order valence-corrected chi connectivity index (χ2v) is 7.37. The second kappa shape index (κ2) is 11.2. The summed E-state index contributed by atoms with van der Waals surface area (Å²) in [7, 11) is -0.352. The fraction of sp³-hybridized carbons (Fsp3) is 0.857. The lowest BCUT2D eigenvalue weighted by Gasteiger charge is -2.10. The van der Waals surface area contributed by atoms with Gasteiger partial charge in [0, 0.05) is 6.42 Å². The molecular weight excluding hydrogens is 212 g/mol. The first-order chi connectivity index (χ1) is 7.66. The molecule has 0 aromatic carbocycles. The molecule has 0 heterocycles. The van der Waals surface area contributed by atoms with Crippen LogP contribution in [0.3, 0.4) is 0 Å². The minimum absolute atomic E-state index is 0.352. The predicted molar refractivity (Wildman–Crippen MR) is 76.5 cm³/mol. The Balaban J connectivity index is 3.15. The van der Waals surface area contributed by atoms with Gasteiger partial charge in [-0.05, 0) is 12.0 Å². The van der Waals surface area contributed by atoms with Crippen LogP contribution >= 0.6 is 0 Å². The number of rotatable bonds is 11. The zero-order valence-corrected chi connectivity index (χ0v) is 13.0.